The van der Waals surface area contributed by atoms with Crippen LogP contribution in [0, 0.1) is 6.92 Å². The Morgan fingerprint density at radius 2 is 1.52 bits per heavy atom. The van der Waals surface area contributed by atoms with Crippen molar-refractivity contribution in [2.75, 3.05) is 0 Å². The molecular formula is C20H22N2O2S. The molecule has 0 fully saturated rings. The van der Waals surface area contributed by atoms with Crippen molar-refractivity contribution in [2.45, 2.75) is 39.7 Å². The lowest BCUT2D eigenvalue weighted by atomic mass is 9.87. The summed E-state index contributed by atoms with van der Waals surface area (Å²) >= 11 is 0.938. The molecule has 3 rings (SSSR count). The Balaban J connectivity index is 1.93. The maximum atomic E-state index is 12.6. The predicted octanol–water partition coefficient (Wildman–Crippen LogP) is 3.71. The quantitative estimate of drug-likeness (QED) is 0.720. The number of aryl methyl sites for hydroxylation is 1. The normalized spacial score (nSPS) is 11.7. The molecule has 0 unspecified atom stereocenters. The van der Waals surface area contributed by atoms with Gasteiger partial charge in [-0.15, -0.1) is 0 Å². The van der Waals surface area contributed by atoms with E-state index in [1.165, 1.54) is 14.1 Å². The molecule has 0 bridgehead atoms. The molecule has 4 nitrogen and oxygen atoms in total. The summed E-state index contributed by atoms with van der Waals surface area (Å²) in [7, 11) is 0. The zero-order valence-corrected chi connectivity index (χ0v) is 15.8. The molecule has 1 aromatic heterocycles. The van der Waals surface area contributed by atoms with E-state index in [4.69, 9.17) is 0 Å². The standard InChI is InChI=1S/C20H22N2O2S/c1-14-5-11-17(12-6-14)22-18(23)21(19(24)25-22)13-15-7-9-16(10-8-15)20(2,3)4/h5-12H,13H2,1-4H3. The smallest absolute Gasteiger partial charge is 0.255 e. The molecule has 0 spiro atoms. The molecule has 0 aliphatic carbocycles. The Kier molecular flexibility index (Phi) is 4.52. The van der Waals surface area contributed by atoms with Gasteiger partial charge >= 0.3 is 10.6 Å². The lowest BCUT2D eigenvalue weighted by Gasteiger charge is -2.19. The van der Waals surface area contributed by atoms with Crippen LogP contribution in [0.15, 0.2) is 58.1 Å². The van der Waals surface area contributed by atoms with Crippen molar-refractivity contribution >= 4 is 11.5 Å². The van der Waals surface area contributed by atoms with Gasteiger partial charge < -0.3 is 0 Å². The van der Waals surface area contributed by atoms with Gasteiger partial charge in [0.25, 0.3) is 0 Å². The number of benzene rings is 2. The minimum absolute atomic E-state index is 0.0793. The van der Waals surface area contributed by atoms with Crippen LogP contribution in [0.25, 0.3) is 5.69 Å². The summed E-state index contributed by atoms with van der Waals surface area (Å²) in [5.74, 6) is 0. The van der Waals surface area contributed by atoms with Gasteiger partial charge in [0.05, 0.1) is 12.2 Å². The molecule has 0 aliphatic heterocycles. The molecule has 0 aliphatic rings. The molecule has 0 atom stereocenters. The summed E-state index contributed by atoms with van der Waals surface area (Å²) in [6.07, 6.45) is 0. The van der Waals surface area contributed by atoms with E-state index in [-0.39, 0.29) is 22.5 Å². The van der Waals surface area contributed by atoms with Crippen LogP contribution in [0.4, 0.5) is 0 Å². The van der Waals surface area contributed by atoms with Crippen molar-refractivity contribution < 1.29 is 0 Å². The monoisotopic (exact) mass is 354 g/mol. The van der Waals surface area contributed by atoms with E-state index < -0.39 is 0 Å². The largest absolute Gasteiger partial charge is 0.346 e. The van der Waals surface area contributed by atoms with Gasteiger partial charge in [0.2, 0.25) is 0 Å². The zero-order valence-electron chi connectivity index (χ0n) is 14.9. The molecular weight excluding hydrogens is 332 g/mol. The summed E-state index contributed by atoms with van der Waals surface area (Å²) in [5, 5.41) is 0. The number of nitrogens with zero attached hydrogens (tertiary/aromatic N) is 2. The highest BCUT2D eigenvalue weighted by molar-refractivity contribution is 7.03. The molecule has 130 valence electrons. The SMILES string of the molecule is Cc1ccc(-n2sc(=O)n(Cc3ccc(C(C)(C)C)cc3)c2=O)cc1. The van der Waals surface area contributed by atoms with Gasteiger partial charge in [-0.3, -0.25) is 4.79 Å². The van der Waals surface area contributed by atoms with E-state index in [0.717, 1.165) is 28.3 Å². The lowest BCUT2D eigenvalue weighted by Crippen LogP contribution is -2.28. The van der Waals surface area contributed by atoms with Crippen LogP contribution in [-0.4, -0.2) is 8.52 Å². The van der Waals surface area contributed by atoms with E-state index in [1.807, 2.05) is 43.3 Å². The van der Waals surface area contributed by atoms with Crippen molar-refractivity contribution in [3.63, 3.8) is 0 Å². The topological polar surface area (TPSA) is 44.0 Å². The molecule has 5 heteroatoms. The molecule has 0 saturated carbocycles. The van der Waals surface area contributed by atoms with E-state index in [0.29, 0.717) is 0 Å². The lowest BCUT2D eigenvalue weighted by molar-refractivity contribution is 0.589. The van der Waals surface area contributed by atoms with Crippen LogP contribution in [0.5, 0.6) is 0 Å². The minimum Gasteiger partial charge on any atom is -0.255 e. The third-order valence-corrected chi connectivity index (χ3v) is 5.15. The average molecular weight is 354 g/mol. The number of hydrogen-bond acceptors (Lipinski definition) is 3. The molecule has 3 aromatic rings. The number of aromatic nitrogens is 2. The first-order valence-electron chi connectivity index (χ1n) is 8.25. The molecule has 0 amide bonds. The average Bonchev–Trinajstić information content (AvgIpc) is 2.83. The van der Waals surface area contributed by atoms with Gasteiger partial charge in [0.1, 0.15) is 0 Å². The first-order chi connectivity index (χ1) is 11.8. The van der Waals surface area contributed by atoms with Gasteiger partial charge in [-0.2, -0.15) is 0 Å². The predicted molar refractivity (Wildman–Crippen MR) is 103 cm³/mol. The van der Waals surface area contributed by atoms with E-state index in [2.05, 4.69) is 32.9 Å². The fourth-order valence-electron chi connectivity index (χ4n) is 2.62. The molecule has 0 saturated heterocycles. The maximum Gasteiger partial charge on any atom is 0.346 e. The van der Waals surface area contributed by atoms with Crippen molar-refractivity contribution in [1.82, 2.24) is 8.52 Å². The Hall–Kier alpha value is -2.40. The van der Waals surface area contributed by atoms with Crippen LogP contribution in [-0.2, 0) is 12.0 Å². The third kappa shape index (κ3) is 3.66. The highest BCUT2D eigenvalue weighted by atomic mass is 32.1. The number of hydrogen-bond donors (Lipinski definition) is 0. The first-order valence-corrected chi connectivity index (χ1v) is 9.03. The van der Waals surface area contributed by atoms with E-state index >= 15 is 0 Å². The van der Waals surface area contributed by atoms with Crippen molar-refractivity contribution in [3.05, 3.63) is 85.4 Å². The fraction of sp³-hybridized carbons (Fsp3) is 0.300. The summed E-state index contributed by atoms with van der Waals surface area (Å²) in [6.45, 7) is 8.75. The molecule has 0 radical (unpaired) electrons. The van der Waals surface area contributed by atoms with E-state index in [9.17, 15) is 9.59 Å². The molecule has 2 aromatic carbocycles. The Morgan fingerprint density at radius 3 is 2.08 bits per heavy atom. The van der Waals surface area contributed by atoms with Crippen LogP contribution in [0.1, 0.15) is 37.5 Å². The van der Waals surface area contributed by atoms with Crippen molar-refractivity contribution in [2.24, 2.45) is 0 Å². The first kappa shape index (κ1) is 17.4. The summed E-state index contributed by atoms with van der Waals surface area (Å²) in [4.78, 5) is 24.7. The second kappa shape index (κ2) is 6.48. The van der Waals surface area contributed by atoms with Gasteiger partial charge in [-0.05, 0) is 35.6 Å². The molecule has 0 N–H and O–H groups in total. The molecule has 25 heavy (non-hydrogen) atoms. The Bertz CT molecular complexity index is 984. The van der Waals surface area contributed by atoms with Crippen LogP contribution in [0.2, 0.25) is 0 Å². The summed E-state index contributed by atoms with van der Waals surface area (Å²) < 4.78 is 2.74. The third-order valence-electron chi connectivity index (χ3n) is 4.22. The van der Waals surface area contributed by atoms with Crippen LogP contribution < -0.4 is 10.6 Å². The number of rotatable bonds is 3. The highest BCUT2D eigenvalue weighted by Crippen LogP contribution is 2.22. The van der Waals surface area contributed by atoms with Crippen molar-refractivity contribution in [1.29, 1.82) is 0 Å². The van der Waals surface area contributed by atoms with Gasteiger partial charge in [0, 0.05) is 11.5 Å². The van der Waals surface area contributed by atoms with Crippen LogP contribution in [0.3, 0.4) is 0 Å². The Morgan fingerprint density at radius 1 is 0.920 bits per heavy atom. The fourth-order valence-corrected chi connectivity index (χ4v) is 3.42. The van der Waals surface area contributed by atoms with Gasteiger partial charge in [-0.1, -0.05) is 62.7 Å². The maximum absolute atomic E-state index is 12.6. The van der Waals surface area contributed by atoms with E-state index in [1.54, 1.807) is 0 Å². The molecule has 1 heterocycles. The van der Waals surface area contributed by atoms with Gasteiger partial charge in [-0.25, -0.2) is 13.3 Å². The zero-order chi connectivity index (χ0) is 18.2. The minimum atomic E-state index is -0.293. The summed E-state index contributed by atoms with van der Waals surface area (Å²) in [6, 6.07) is 15.7. The summed E-state index contributed by atoms with van der Waals surface area (Å²) in [5.41, 5.74) is 3.79. The van der Waals surface area contributed by atoms with Crippen molar-refractivity contribution in [3.8, 4) is 5.69 Å². The second-order valence-corrected chi connectivity index (χ2v) is 8.20. The van der Waals surface area contributed by atoms with Gasteiger partial charge in [0.15, 0.2) is 0 Å². The second-order valence-electron chi connectivity index (χ2n) is 7.30. The highest BCUT2D eigenvalue weighted by Gasteiger charge is 2.15. The van der Waals surface area contributed by atoms with Crippen LogP contribution >= 0.6 is 11.5 Å². The Labute approximate surface area is 151 Å².